The van der Waals surface area contributed by atoms with E-state index in [1.54, 1.807) is 0 Å². The van der Waals surface area contributed by atoms with E-state index in [9.17, 15) is 0 Å². The van der Waals surface area contributed by atoms with Crippen molar-refractivity contribution < 1.29 is 0 Å². The van der Waals surface area contributed by atoms with Crippen LogP contribution in [0.2, 0.25) is 0 Å². The highest BCUT2D eigenvalue weighted by atomic mass is 14.6. The summed E-state index contributed by atoms with van der Waals surface area (Å²) in [6.45, 7) is 2.10. The van der Waals surface area contributed by atoms with Crippen molar-refractivity contribution >= 4 is 10.9 Å². The predicted molar refractivity (Wildman–Crippen MR) is 71.9 cm³/mol. The average Bonchev–Trinajstić information content (AvgIpc) is 2.40. The third kappa shape index (κ3) is 1.70. The normalized spacial score (nSPS) is 10.6. The molecule has 82 valence electrons. The molecule has 0 atom stereocenters. The summed E-state index contributed by atoms with van der Waals surface area (Å²) in [6.07, 6.45) is 1.89. The molecule has 0 aliphatic rings. The van der Waals surface area contributed by atoms with Crippen LogP contribution in [-0.2, 0) is 0 Å². The number of aromatic nitrogens is 1. The van der Waals surface area contributed by atoms with E-state index in [-0.39, 0.29) is 0 Å². The number of fused-ring (bicyclic) bond motifs is 1. The Bertz CT molecular complexity index is 657. The Balaban J connectivity index is 2.35. The Kier molecular flexibility index (Phi) is 2.37. The topological polar surface area (TPSA) is 12.9 Å². The van der Waals surface area contributed by atoms with Gasteiger partial charge in [0.25, 0.3) is 0 Å². The smallest absolute Gasteiger partial charge is 0.0737 e. The first-order valence-corrected chi connectivity index (χ1v) is 5.76. The van der Waals surface area contributed by atoms with E-state index < -0.39 is 0 Å². The van der Waals surface area contributed by atoms with Crippen molar-refractivity contribution in [1.82, 2.24) is 4.98 Å². The Morgan fingerprint density at radius 2 is 1.65 bits per heavy atom. The lowest BCUT2D eigenvalue weighted by Crippen LogP contribution is -1.86. The standard InChI is InChI=1S/C16H13N/c1-12-6-5-9-15-14(10-11-17-16(12)15)13-7-3-2-4-8-13/h2-11H,1H3. The molecule has 0 N–H and O–H groups in total. The van der Waals surface area contributed by atoms with Crippen LogP contribution in [0.15, 0.2) is 60.8 Å². The molecule has 3 rings (SSSR count). The zero-order valence-corrected chi connectivity index (χ0v) is 9.72. The van der Waals surface area contributed by atoms with Gasteiger partial charge in [0.15, 0.2) is 0 Å². The van der Waals surface area contributed by atoms with Gasteiger partial charge in [0.05, 0.1) is 5.52 Å². The Morgan fingerprint density at radius 1 is 0.824 bits per heavy atom. The number of rotatable bonds is 1. The van der Waals surface area contributed by atoms with Gasteiger partial charge in [-0.1, -0.05) is 48.5 Å². The SMILES string of the molecule is Cc1cccc2c(-c3ccccc3)ccnc12. The predicted octanol–water partition coefficient (Wildman–Crippen LogP) is 4.21. The molecule has 0 aliphatic carbocycles. The van der Waals surface area contributed by atoms with E-state index in [2.05, 4.69) is 60.4 Å². The van der Waals surface area contributed by atoms with Crippen LogP contribution in [0.4, 0.5) is 0 Å². The number of benzene rings is 2. The molecular weight excluding hydrogens is 206 g/mol. The van der Waals surface area contributed by atoms with Crippen LogP contribution in [0.5, 0.6) is 0 Å². The van der Waals surface area contributed by atoms with E-state index in [0.29, 0.717) is 0 Å². The molecular formula is C16H13N. The summed E-state index contributed by atoms with van der Waals surface area (Å²) in [7, 11) is 0. The van der Waals surface area contributed by atoms with E-state index in [0.717, 1.165) is 5.52 Å². The minimum absolute atomic E-state index is 1.09. The number of para-hydroxylation sites is 1. The van der Waals surface area contributed by atoms with Crippen molar-refractivity contribution in [3.8, 4) is 11.1 Å². The van der Waals surface area contributed by atoms with Gasteiger partial charge in [0.2, 0.25) is 0 Å². The van der Waals surface area contributed by atoms with Crippen LogP contribution in [0.1, 0.15) is 5.56 Å². The summed E-state index contributed by atoms with van der Waals surface area (Å²) >= 11 is 0. The van der Waals surface area contributed by atoms with Crippen molar-refractivity contribution in [1.29, 1.82) is 0 Å². The summed E-state index contributed by atoms with van der Waals surface area (Å²) < 4.78 is 0. The second kappa shape index (κ2) is 4.02. The maximum Gasteiger partial charge on any atom is 0.0737 e. The first kappa shape index (κ1) is 10.0. The minimum Gasteiger partial charge on any atom is -0.256 e. The molecule has 0 unspecified atom stereocenters. The van der Waals surface area contributed by atoms with Gasteiger partial charge in [-0.2, -0.15) is 0 Å². The number of hydrogen-bond acceptors (Lipinski definition) is 1. The summed E-state index contributed by atoms with van der Waals surface area (Å²) in [4.78, 5) is 4.47. The van der Waals surface area contributed by atoms with Crippen LogP contribution >= 0.6 is 0 Å². The van der Waals surface area contributed by atoms with E-state index >= 15 is 0 Å². The highest BCUT2D eigenvalue weighted by Crippen LogP contribution is 2.28. The van der Waals surface area contributed by atoms with Crippen molar-refractivity contribution in [2.75, 3.05) is 0 Å². The van der Waals surface area contributed by atoms with E-state index in [1.807, 2.05) is 12.3 Å². The van der Waals surface area contributed by atoms with Crippen LogP contribution in [0.25, 0.3) is 22.0 Å². The molecule has 0 saturated heterocycles. The summed E-state index contributed by atoms with van der Waals surface area (Å²) in [5.41, 5.74) is 4.80. The second-order valence-corrected chi connectivity index (χ2v) is 4.20. The molecule has 3 aromatic rings. The Morgan fingerprint density at radius 3 is 2.47 bits per heavy atom. The van der Waals surface area contributed by atoms with Gasteiger partial charge in [0.1, 0.15) is 0 Å². The fraction of sp³-hybridized carbons (Fsp3) is 0.0625. The van der Waals surface area contributed by atoms with Crippen molar-refractivity contribution in [3.63, 3.8) is 0 Å². The van der Waals surface area contributed by atoms with Gasteiger partial charge in [-0.15, -0.1) is 0 Å². The van der Waals surface area contributed by atoms with Gasteiger partial charge in [-0.05, 0) is 29.7 Å². The first-order valence-electron chi connectivity index (χ1n) is 5.76. The lowest BCUT2D eigenvalue weighted by molar-refractivity contribution is 1.37. The lowest BCUT2D eigenvalue weighted by Gasteiger charge is -2.07. The first-order chi connectivity index (χ1) is 8.36. The maximum absolute atomic E-state index is 4.47. The molecule has 0 amide bonds. The molecule has 1 heteroatoms. The molecule has 1 nitrogen and oxygen atoms in total. The third-order valence-corrected chi connectivity index (χ3v) is 3.06. The van der Waals surface area contributed by atoms with Crippen molar-refractivity contribution in [2.45, 2.75) is 6.92 Å². The zero-order chi connectivity index (χ0) is 11.7. The molecule has 2 aromatic carbocycles. The molecule has 1 heterocycles. The van der Waals surface area contributed by atoms with Crippen LogP contribution in [-0.4, -0.2) is 4.98 Å². The average molecular weight is 219 g/mol. The molecule has 0 spiro atoms. The summed E-state index contributed by atoms with van der Waals surface area (Å²) in [6, 6.07) is 18.9. The Labute approximate surface area is 101 Å². The molecule has 1 aromatic heterocycles. The fourth-order valence-corrected chi connectivity index (χ4v) is 2.19. The number of hydrogen-bond donors (Lipinski definition) is 0. The van der Waals surface area contributed by atoms with Crippen LogP contribution < -0.4 is 0 Å². The molecule has 0 fully saturated rings. The number of aryl methyl sites for hydroxylation is 1. The molecule has 17 heavy (non-hydrogen) atoms. The largest absolute Gasteiger partial charge is 0.256 e. The molecule has 0 aliphatic heterocycles. The van der Waals surface area contributed by atoms with Gasteiger partial charge >= 0.3 is 0 Å². The Hall–Kier alpha value is -2.15. The monoisotopic (exact) mass is 219 g/mol. The summed E-state index contributed by atoms with van der Waals surface area (Å²) in [5.74, 6) is 0. The van der Waals surface area contributed by atoms with E-state index in [1.165, 1.54) is 22.1 Å². The minimum atomic E-state index is 1.09. The molecule has 0 saturated carbocycles. The summed E-state index contributed by atoms with van der Waals surface area (Å²) in [5, 5.41) is 1.22. The van der Waals surface area contributed by atoms with Gasteiger partial charge in [0, 0.05) is 11.6 Å². The van der Waals surface area contributed by atoms with Crippen LogP contribution in [0.3, 0.4) is 0 Å². The highest BCUT2D eigenvalue weighted by Gasteiger charge is 2.04. The van der Waals surface area contributed by atoms with Gasteiger partial charge in [-0.25, -0.2) is 0 Å². The zero-order valence-electron chi connectivity index (χ0n) is 9.72. The van der Waals surface area contributed by atoms with E-state index in [4.69, 9.17) is 0 Å². The fourth-order valence-electron chi connectivity index (χ4n) is 2.19. The molecule has 0 radical (unpaired) electrons. The molecule has 0 bridgehead atoms. The number of nitrogens with zero attached hydrogens (tertiary/aromatic N) is 1. The lowest BCUT2D eigenvalue weighted by atomic mass is 10.00. The van der Waals surface area contributed by atoms with Crippen molar-refractivity contribution in [2.24, 2.45) is 0 Å². The van der Waals surface area contributed by atoms with Crippen molar-refractivity contribution in [3.05, 3.63) is 66.4 Å². The van der Waals surface area contributed by atoms with Gasteiger partial charge in [-0.3, -0.25) is 4.98 Å². The van der Waals surface area contributed by atoms with Gasteiger partial charge < -0.3 is 0 Å². The van der Waals surface area contributed by atoms with Crippen LogP contribution in [0, 0.1) is 6.92 Å². The third-order valence-electron chi connectivity index (χ3n) is 3.06. The maximum atomic E-state index is 4.47. The number of pyridine rings is 1. The highest BCUT2D eigenvalue weighted by molar-refractivity contribution is 5.95. The second-order valence-electron chi connectivity index (χ2n) is 4.20. The quantitative estimate of drug-likeness (QED) is 0.597.